The molecule has 0 spiro atoms. The number of nitrogens with zero attached hydrogens (tertiary/aromatic N) is 1. The summed E-state index contributed by atoms with van der Waals surface area (Å²) in [5.74, 6) is -1.67. The summed E-state index contributed by atoms with van der Waals surface area (Å²) < 4.78 is 63.2. The summed E-state index contributed by atoms with van der Waals surface area (Å²) in [7, 11) is 3.23. The summed E-state index contributed by atoms with van der Waals surface area (Å²) >= 11 is 0. The number of esters is 1. The van der Waals surface area contributed by atoms with Crippen molar-refractivity contribution in [2.45, 2.75) is 31.5 Å². The van der Waals surface area contributed by atoms with Gasteiger partial charge in [-0.15, -0.1) is 0 Å². The van der Waals surface area contributed by atoms with Gasteiger partial charge in [0.2, 0.25) is 0 Å². The lowest BCUT2D eigenvalue weighted by Gasteiger charge is -2.28. The van der Waals surface area contributed by atoms with Crippen LogP contribution in [-0.4, -0.2) is 65.2 Å². The fourth-order valence-corrected chi connectivity index (χ4v) is 4.26. The van der Waals surface area contributed by atoms with Gasteiger partial charge >= 0.3 is 12.1 Å². The van der Waals surface area contributed by atoms with Crippen LogP contribution in [0.3, 0.4) is 0 Å². The molecule has 2 aromatic carbocycles. The van der Waals surface area contributed by atoms with Crippen LogP contribution in [0.4, 0.5) is 18.9 Å². The highest BCUT2D eigenvalue weighted by Gasteiger charge is 2.43. The number of anilines is 1. The number of nitrogens with one attached hydrogen (secondary N) is 1. The molecule has 1 aliphatic rings. The Morgan fingerprint density at radius 2 is 1.86 bits per heavy atom. The quantitative estimate of drug-likeness (QED) is 0.274. The van der Waals surface area contributed by atoms with Crippen molar-refractivity contribution in [2.24, 2.45) is 0 Å². The minimum atomic E-state index is -4.63. The number of carbonyl (C=O) groups excluding carboxylic acids is 2. The SMILES string of the molecule is CNCCN1C(=O)[C@H](OC(C)=O)[C@H](c2ccc(OCOCCOC)cc2)Cc2c1cccc2C(F)(F)F. The largest absolute Gasteiger partial charge is 0.468 e. The Morgan fingerprint density at radius 3 is 2.49 bits per heavy atom. The standard InChI is InChI=1S/C26H31F3N2O6/c1-17(32)37-24-20(18-7-9-19(10-8-18)36-16-35-14-13-34-3)15-21-22(26(27,28)29)5-4-6-23(21)31(25(24)33)12-11-30-2/h4-10,20,24,30H,11-16H2,1-3H3/t20-,24+/m0/s1. The van der Waals surface area contributed by atoms with E-state index in [1.165, 1.54) is 24.0 Å². The fraction of sp³-hybridized carbons (Fsp3) is 0.462. The predicted molar refractivity (Wildman–Crippen MR) is 129 cm³/mol. The van der Waals surface area contributed by atoms with Crippen LogP contribution < -0.4 is 15.0 Å². The molecule has 0 radical (unpaired) electrons. The van der Waals surface area contributed by atoms with Crippen molar-refractivity contribution >= 4 is 17.6 Å². The molecule has 1 amide bonds. The van der Waals surface area contributed by atoms with E-state index in [0.717, 1.165) is 6.07 Å². The number of rotatable bonds is 11. The molecule has 0 saturated carbocycles. The van der Waals surface area contributed by atoms with Crippen molar-refractivity contribution in [3.8, 4) is 5.75 Å². The molecule has 0 aliphatic carbocycles. The first kappa shape index (κ1) is 28.4. The van der Waals surface area contributed by atoms with Crippen LogP contribution >= 0.6 is 0 Å². The molecule has 1 N–H and O–H groups in total. The van der Waals surface area contributed by atoms with Crippen LogP contribution in [0.1, 0.15) is 29.5 Å². The topological polar surface area (TPSA) is 86.3 Å². The zero-order valence-electron chi connectivity index (χ0n) is 21.0. The third-order valence-electron chi connectivity index (χ3n) is 5.97. The number of benzene rings is 2. The van der Waals surface area contributed by atoms with Crippen LogP contribution in [0.25, 0.3) is 0 Å². The lowest BCUT2D eigenvalue weighted by Crippen LogP contribution is -2.45. The maximum Gasteiger partial charge on any atom is 0.416 e. The van der Waals surface area contributed by atoms with E-state index in [1.54, 1.807) is 38.4 Å². The van der Waals surface area contributed by atoms with Gasteiger partial charge in [0.25, 0.3) is 5.91 Å². The number of carbonyl (C=O) groups is 2. The minimum Gasteiger partial charge on any atom is -0.468 e. The summed E-state index contributed by atoms with van der Waals surface area (Å²) in [6, 6.07) is 10.3. The second-order valence-corrected chi connectivity index (χ2v) is 8.47. The van der Waals surface area contributed by atoms with Gasteiger partial charge in [0.1, 0.15) is 5.75 Å². The van der Waals surface area contributed by atoms with E-state index in [-0.39, 0.29) is 31.0 Å². The van der Waals surface area contributed by atoms with Crippen molar-refractivity contribution in [2.75, 3.05) is 52.2 Å². The molecule has 0 bridgehead atoms. The van der Waals surface area contributed by atoms with Crippen LogP contribution in [0.15, 0.2) is 42.5 Å². The van der Waals surface area contributed by atoms with Crippen molar-refractivity contribution in [1.29, 1.82) is 0 Å². The van der Waals surface area contributed by atoms with Gasteiger partial charge in [-0.1, -0.05) is 18.2 Å². The second kappa shape index (κ2) is 12.9. The summed E-state index contributed by atoms with van der Waals surface area (Å²) in [5, 5.41) is 2.91. The Hall–Kier alpha value is -3.15. The molecule has 0 saturated heterocycles. The molecule has 1 aliphatic heterocycles. The van der Waals surface area contributed by atoms with E-state index in [0.29, 0.717) is 31.1 Å². The number of fused-ring (bicyclic) bond motifs is 1. The highest BCUT2D eigenvalue weighted by Crippen LogP contribution is 2.42. The third-order valence-corrected chi connectivity index (χ3v) is 5.97. The number of hydrogen-bond acceptors (Lipinski definition) is 7. The van der Waals surface area contributed by atoms with E-state index in [2.05, 4.69) is 5.32 Å². The number of alkyl halides is 3. The van der Waals surface area contributed by atoms with Gasteiger partial charge in [0, 0.05) is 38.7 Å². The molecule has 8 nitrogen and oxygen atoms in total. The van der Waals surface area contributed by atoms with Crippen molar-refractivity contribution in [3.63, 3.8) is 0 Å². The molecular weight excluding hydrogens is 493 g/mol. The van der Waals surface area contributed by atoms with Gasteiger partial charge in [0.05, 0.1) is 18.8 Å². The molecule has 3 rings (SSSR count). The van der Waals surface area contributed by atoms with E-state index in [1.807, 2.05) is 0 Å². The van der Waals surface area contributed by atoms with E-state index in [4.69, 9.17) is 18.9 Å². The zero-order valence-corrected chi connectivity index (χ0v) is 21.0. The van der Waals surface area contributed by atoms with E-state index >= 15 is 0 Å². The maximum atomic E-state index is 14.0. The number of amides is 1. The Morgan fingerprint density at radius 1 is 1.14 bits per heavy atom. The highest BCUT2D eigenvalue weighted by atomic mass is 19.4. The fourth-order valence-electron chi connectivity index (χ4n) is 4.26. The molecular formula is C26H31F3N2O6. The van der Waals surface area contributed by atoms with E-state index < -0.39 is 35.6 Å². The number of methoxy groups -OCH3 is 1. The summed E-state index contributed by atoms with van der Waals surface area (Å²) in [5.41, 5.74) is -0.159. The molecule has 0 fully saturated rings. The predicted octanol–water partition coefficient (Wildman–Crippen LogP) is 3.53. The maximum absolute atomic E-state index is 14.0. The normalized spacial score (nSPS) is 17.8. The van der Waals surface area contributed by atoms with Crippen LogP contribution in [0.2, 0.25) is 0 Å². The average Bonchev–Trinajstić information content (AvgIpc) is 2.96. The Kier molecular flexibility index (Phi) is 9.90. The molecule has 0 aromatic heterocycles. The minimum absolute atomic E-state index is 0.0105. The van der Waals surface area contributed by atoms with Crippen LogP contribution in [0, 0.1) is 0 Å². The van der Waals surface area contributed by atoms with Gasteiger partial charge in [-0.2, -0.15) is 13.2 Å². The smallest absolute Gasteiger partial charge is 0.416 e. The van der Waals surface area contributed by atoms with Gasteiger partial charge in [-0.05, 0) is 48.9 Å². The van der Waals surface area contributed by atoms with Gasteiger partial charge in [-0.25, -0.2) is 0 Å². The first-order valence-corrected chi connectivity index (χ1v) is 11.8. The number of ether oxygens (including phenoxy) is 4. The lowest BCUT2D eigenvalue weighted by atomic mass is 9.86. The molecule has 202 valence electrons. The first-order valence-electron chi connectivity index (χ1n) is 11.8. The first-order chi connectivity index (χ1) is 17.7. The van der Waals surface area contributed by atoms with E-state index in [9.17, 15) is 22.8 Å². The molecule has 11 heteroatoms. The van der Waals surface area contributed by atoms with Gasteiger partial charge < -0.3 is 29.2 Å². The molecule has 2 aromatic rings. The molecule has 2 atom stereocenters. The Labute approximate surface area is 213 Å². The van der Waals surface area contributed by atoms with Gasteiger partial charge in [-0.3, -0.25) is 9.59 Å². The molecule has 1 heterocycles. The van der Waals surface area contributed by atoms with Crippen molar-refractivity contribution < 1.29 is 41.7 Å². The van der Waals surface area contributed by atoms with Crippen LogP contribution in [0.5, 0.6) is 5.75 Å². The van der Waals surface area contributed by atoms with Crippen LogP contribution in [-0.2, 0) is 36.4 Å². The van der Waals surface area contributed by atoms with Gasteiger partial charge in [0.15, 0.2) is 12.9 Å². The summed E-state index contributed by atoms with van der Waals surface area (Å²) in [6.07, 6.45) is -6.10. The zero-order chi connectivity index (χ0) is 27.0. The second-order valence-electron chi connectivity index (χ2n) is 8.47. The summed E-state index contributed by atoms with van der Waals surface area (Å²) in [4.78, 5) is 26.9. The number of hydrogen-bond donors (Lipinski definition) is 1. The Bertz CT molecular complexity index is 1060. The monoisotopic (exact) mass is 524 g/mol. The Balaban J connectivity index is 2.01. The summed E-state index contributed by atoms with van der Waals surface area (Å²) in [6.45, 7) is 2.36. The molecule has 37 heavy (non-hydrogen) atoms. The van der Waals surface area contributed by atoms with Crippen molar-refractivity contribution in [1.82, 2.24) is 5.32 Å². The lowest BCUT2D eigenvalue weighted by molar-refractivity contribution is -0.154. The van der Waals surface area contributed by atoms with Crippen molar-refractivity contribution in [3.05, 3.63) is 59.2 Å². The highest BCUT2D eigenvalue weighted by molar-refractivity contribution is 6.00. The third kappa shape index (κ3) is 7.21. The average molecular weight is 525 g/mol. The number of halogens is 3. The molecule has 0 unspecified atom stereocenters. The number of likely N-dealkylation sites (N-methyl/N-ethyl adjacent to an activating group) is 1.